The molecule has 4 rings (SSSR count). The minimum atomic E-state index is -0.245. The molecule has 1 heterocycles. The van der Waals surface area contributed by atoms with Crippen LogP contribution in [0.15, 0.2) is 72.8 Å². The van der Waals surface area contributed by atoms with Crippen molar-refractivity contribution in [1.29, 1.82) is 0 Å². The van der Waals surface area contributed by atoms with Crippen molar-refractivity contribution >= 4 is 32.6 Å². The molecule has 1 amide bonds. The lowest BCUT2D eigenvalue weighted by atomic mass is 10.1. The van der Waals surface area contributed by atoms with Crippen LogP contribution < -0.4 is 14.8 Å². The summed E-state index contributed by atoms with van der Waals surface area (Å²) in [6.45, 7) is 2.76. The van der Waals surface area contributed by atoms with Crippen LogP contribution in [-0.4, -0.2) is 24.1 Å². The first-order valence-electron chi connectivity index (χ1n) is 10.3. The van der Waals surface area contributed by atoms with E-state index in [-0.39, 0.29) is 12.5 Å². The topological polar surface area (TPSA) is 60.5 Å². The van der Waals surface area contributed by atoms with Crippen LogP contribution in [0.4, 0.5) is 5.13 Å². The molecule has 3 aromatic carbocycles. The predicted octanol–water partition coefficient (Wildman–Crippen LogP) is 6.16. The number of anilines is 1. The smallest absolute Gasteiger partial charge is 0.264 e. The molecule has 0 aliphatic heterocycles. The summed E-state index contributed by atoms with van der Waals surface area (Å²) < 4.78 is 12.3. The van der Waals surface area contributed by atoms with Crippen molar-refractivity contribution in [3.8, 4) is 22.6 Å². The Labute approximate surface area is 185 Å². The Bertz CT molecular complexity index is 1140. The fourth-order valence-corrected chi connectivity index (χ4v) is 3.97. The Kier molecular flexibility index (Phi) is 6.79. The molecule has 0 bridgehead atoms. The van der Waals surface area contributed by atoms with Gasteiger partial charge in [0.15, 0.2) is 11.7 Å². The number of fused-ring (bicyclic) bond motifs is 1. The molecule has 0 unspecified atom stereocenters. The molecular formula is C25H24N2O3S. The minimum Gasteiger partial charge on any atom is -0.494 e. The van der Waals surface area contributed by atoms with E-state index in [0.717, 1.165) is 39.9 Å². The van der Waals surface area contributed by atoms with E-state index in [1.165, 1.54) is 11.3 Å². The lowest BCUT2D eigenvalue weighted by molar-refractivity contribution is -0.118. The van der Waals surface area contributed by atoms with Crippen molar-refractivity contribution in [1.82, 2.24) is 4.98 Å². The summed E-state index contributed by atoms with van der Waals surface area (Å²) in [4.78, 5) is 16.8. The van der Waals surface area contributed by atoms with Crippen molar-refractivity contribution in [3.63, 3.8) is 0 Å². The van der Waals surface area contributed by atoms with Crippen LogP contribution in [0.3, 0.4) is 0 Å². The van der Waals surface area contributed by atoms with Crippen molar-refractivity contribution < 1.29 is 14.3 Å². The molecule has 31 heavy (non-hydrogen) atoms. The predicted molar refractivity (Wildman–Crippen MR) is 126 cm³/mol. The van der Waals surface area contributed by atoms with Gasteiger partial charge in [-0.3, -0.25) is 10.1 Å². The molecule has 1 aromatic heterocycles. The first kappa shape index (κ1) is 20.9. The number of unbranched alkanes of at least 4 members (excludes halogenated alkanes) is 1. The second-order valence-electron chi connectivity index (χ2n) is 7.08. The van der Waals surface area contributed by atoms with Crippen LogP contribution >= 0.6 is 11.3 Å². The monoisotopic (exact) mass is 432 g/mol. The molecule has 0 saturated heterocycles. The van der Waals surface area contributed by atoms with E-state index in [2.05, 4.69) is 29.4 Å². The number of nitrogens with one attached hydrogen (secondary N) is 1. The summed E-state index contributed by atoms with van der Waals surface area (Å²) >= 11 is 1.42. The molecule has 0 atom stereocenters. The molecular weight excluding hydrogens is 408 g/mol. The van der Waals surface area contributed by atoms with Crippen LogP contribution in [0.25, 0.3) is 21.3 Å². The van der Waals surface area contributed by atoms with Crippen molar-refractivity contribution in [2.75, 3.05) is 18.5 Å². The number of amides is 1. The van der Waals surface area contributed by atoms with E-state index in [4.69, 9.17) is 9.47 Å². The zero-order valence-corrected chi connectivity index (χ0v) is 18.2. The van der Waals surface area contributed by atoms with E-state index in [9.17, 15) is 4.79 Å². The van der Waals surface area contributed by atoms with Crippen LogP contribution in [0.2, 0.25) is 0 Å². The lowest BCUT2D eigenvalue weighted by Crippen LogP contribution is -2.19. The van der Waals surface area contributed by atoms with Crippen LogP contribution in [0.5, 0.6) is 11.5 Å². The fraction of sp³-hybridized carbons (Fsp3) is 0.200. The SMILES string of the molecule is CCCCOc1ccc2nc(NC(=O)COc3ccc(-c4ccccc4)cc3)sc2c1. The number of ether oxygens (including phenoxy) is 2. The summed E-state index contributed by atoms with van der Waals surface area (Å²) in [5.74, 6) is 1.23. The van der Waals surface area contributed by atoms with Gasteiger partial charge in [0.05, 0.1) is 16.8 Å². The molecule has 0 aliphatic carbocycles. The number of carbonyl (C=O) groups is 1. The third-order valence-corrected chi connectivity index (χ3v) is 5.64. The maximum Gasteiger partial charge on any atom is 0.264 e. The average Bonchev–Trinajstić information content (AvgIpc) is 3.20. The zero-order valence-electron chi connectivity index (χ0n) is 17.3. The van der Waals surface area contributed by atoms with Crippen LogP contribution in [0.1, 0.15) is 19.8 Å². The van der Waals surface area contributed by atoms with E-state index in [1.54, 1.807) is 0 Å². The Morgan fingerprint density at radius 1 is 0.935 bits per heavy atom. The highest BCUT2D eigenvalue weighted by molar-refractivity contribution is 7.22. The third-order valence-electron chi connectivity index (χ3n) is 4.70. The average molecular weight is 433 g/mol. The van der Waals surface area contributed by atoms with Gasteiger partial charge in [0.2, 0.25) is 0 Å². The van der Waals surface area contributed by atoms with Gasteiger partial charge in [-0.2, -0.15) is 0 Å². The summed E-state index contributed by atoms with van der Waals surface area (Å²) in [6.07, 6.45) is 2.12. The van der Waals surface area contributed by atoms with Crippen molar-refractivity contribution in [3.05, 3.63) is 72.8 Å². The van der Waals surface area contributed by atoms with E-state index in [1.807, 2.05) is 60.7 Å². The number of rotatable bonds is 9. The number of nitrogens with zero attached hydrogens (tertiary/aromatic N) is 1. The maximum absolute atomic E-state index is 12.3. The second kappa shape index (κ2) is 10.1. The van der Waals surface area contributed by atoms with Gasteiger partial charge in [-0.25, -0.2) is 4.98 Å². The first-order chi connectivity index (χ1) is 15.2. The van der Waals surface area contributed by atoms with Crippen LogP contribution in [-0.2, 0) is 4.79 Å². The van der Waals surface area contributed by atoms with Gasteiger partial charge >= 0.3 is 0 Å². The van der Waals surface area contributed by atoms with Gasteiger partial charge < -0.3 is 9.47 Å². The highest BCUT2D eigenvalue weighted by atomic mass is 32.1. The molecule has 0 fully saturated rings. The van der Waals surface area contributed by atoms with Gasteiger partial charge in [-0.1, -0.05) is 67.1 Å². The van der Waals surface area contributed by atoms with E-state index in [0.29, 0.717) is 17.5 Å². The fourth-order valence-electron chi connectivity index (χ4n) is 3.06. The van der Waals surface area contributed by atoms with Crippen molar-refractivity contribution in [2.45, 2.75) is 19.8 Å². The van der Waals surface area contributed by atoms with Gasteiger partial charge in [-0.05, 0) is 47.9 Å². The third kappa shape index (κ3) is 5.61. The molecule has 0 spiro atoms. The zero-order chi connectivity index (χ0) is 21.5. The molecule has 6 heteroatoms. The molecule has 158 valence electrons. The maximum atomic E-state index is 12.3. The molecule has 4 aromatic rings. The highest BCUT2D eigenvalue weighted by Crippen LogP contribution is 2.29. The molecule has 0 aliphatic rings. The standard InChI is InChI=1S/C25H24N2O3S/c1-2-3-15-29-21-13-14-22-23(16-21)31-25(26-22)27-24(28)17-30-20-11-9-19(10-12-20)18-7-5-4-6-8-18/h4-14,16H,2-3,15,17H2,1H3,(H,26,27,28). The minimum absolute atomic E-state index is 0.0774. The second-order valence-corrected chi connectivity index (χ2v) is 8.11. The quantitative estimate of drug-likeness (QED) is 0.322. The number of thiazole rings is 1. The summed E-state index contributed by atoms with van der Waals surface area (Å²) in [5.41, 5.74) is 3.08. The Hall–Kier alpha value is -3.38. The summed E-state index contributed by atoms with van der Waals surface area (Å²) in [6, 6.07) is 23.6. The Morgan fingerprint density at radius 2 is 1.68 bits per heavy atom. The summed E-state index contributed by atoms with van der Waals surface area (Å²) in [7, 11) is 0. The molecule has 1 N–H and O–H groups in total. The Morgan fingerprint density at radius 3 is 2.45 bits per heavy atom. The number of carbonyl (C=O) groups excluding carboxylic acids is 1. The van der Waals surface area contributed by atoms with Gasteiger partial charge in [0.25, 0.3) is 5.91 Å². The normalized spacial score (nSPS) is 10.7. The van der Waals surface area contributed by atoms with Crippen molar-refractivity contribution in [2.24, 2.45) is 0 Å². The number of hydrogen-bond donors (Lipinski definition) is 1. The van der Waals surface area contributed by atoms with Crippen LogP contribution in [0, 0.1) is 0 Å². The number of hydrogen-bond acceptors (Lipinski definition) is 5. The molecule has 5 nitrogen and oxygen atoms in total. The van der Waals surface area contributed by atoms with E-state index < -0.39 is 0 Å². The first-order valence-corrected chi connectivity index (χ1v) is 11.1. The largest absolute Gasteiger partial charge is 0.494 e. The van der Waals surface area contributed by atoms with Gasteiger partial charge in [0.1, 0.15) is 11.5 Å². The van der Waals surface area contributed by atoms with E-state index >= 15 is 0 Å². The lowest BCUT2D eigenvalue weighted by Gasteiger charge is -2.07. The number of benzene rings is 3. The molecule has 0 saturated carbocycles. The molecule has 0 radical (unpaired) electrons. The Balaban J connectivity index is 1.31. The summed E-state index contributed by atoms with van der Waals surface area (Å²) in [5, 5.41) is 3.36. The van der Waals surface area contributed by atoms with Gasteiger partial charge in [0, 0.05) is 0 Å². The van der Waals surface area contributed by atoms with Gasteiger partial charge in [-0.15, -0.1) is 0 Å². The highest BCUT2D eigenvalue weighted by Gasteiger charge is 2.10. The number of aromatic nitrogens is 1.